The van der Waals surface area contributed by atoms with Crippen molar-refractivity contribution in [2.45, 2.75) is 50.3 Å². The Morgan fingerprint density at radius 2 is 1.81 bits per heavy atom. The van der Waals surface area contributed by atoms with Crippen LogP contribution in [-0.4, -0.2) is 41.4 Å². The summed E-state index contributed by atoms with van der Waals surface area (Å²) in [6, 6.07) is 0. The molecule has 0 amide bonds. The number of fused-ring (bicyclic) bond motifs is 7. The van der Waals surface area contributed by atoms with Crippen molar-refractivity contribution in [3.05, 3.63) is 6.92 Å². The van der Waals surface area contributed by atoms with E-state index in [0.29, 0.717) is 6.61 Å². The molecular formula is C11H19O4Y-. The summed E-state index contributed by atoms with van der Waals surface area (Å²) >= 11 is 0. The molecule has 3 heterocycles. The Bertz CT molecular complexity index is 212. The molecule has 2 N–H and O–H groups in total. The second kappa shape index (κ2) is 6.76. The molecule has 2 unspecified atom stereocenters. The van der Waals surface area contributed by atoms with Crippen LogP contribution in [0.4, 0.5) is 0 Å². The maximum atomic E-state index is 9.91. The van der Waals surface area contributed by atoms with Crippen LogP contribution in [-0.2, 0) is 42.2 Å². The third-order valence-electron chi connectivity index (χ3n) is 3.32. The quantitative estimate of drug-likeness (QED) is 0.639. The minimum atomic E-state index is -0.939. The normalized spacial score (nSPS) is 44.8. The van der Waals surface area contributed by atoms with Gasteiger partial charge < -0.3 is 26.6 Å². The van der Waals surface area contributed by atoms with E-state index < -0.39 is 18.5 Å². The Labute approximate surface area is 122 Å². The van der Waals surface area contributed by atoms with Crippen molar-refractivity contribution in [3.8, 4) is 0 Å². The van der Waals surface area contributed by atoms with Crippen LogP contribution in [0.3, 0.4) is 0 Å². The van der Waals surface area contributed by atoms with Gasteiger partial charge in [0.05, 0.1) is 6.10 Å². The zero-order valence-electron chi connectivity index (χ0n) is 9.42. The Kier molecular flexibility index (Phi) is 6.34. The average Bonchev–Trinajstić information content (AvgIpc) is 2.23. The molecule has 3 rings (SSSR count). The third kappa shape index (κ3) is 3.24. The zero-order chi connectivity index (χ0) is 10.8. The summed E-state index contributed by atoms with van der Waals surface area (Å²) in [6.07, 6.45) is 1.26. The van der Waals surface area contributed by atoms with E-state index in [1.54, 1.807) is 0 Å². The molecule has 0 aromatic heterocycles. The van der Waals surface area contributed by atoms with Crippen molar-refractivity contribution in [2.24, 2.45) is 5.92 Å². The molecule has 3 saturated heterocycles. The number of ether oxygens (including phenoxy) is 2. The van der Waals surface area contributed by atoms with Gasteiger partial charge in [-0.3, -0.25) is 0 Å². The summed E-state index contributed by atoms with van der Waals surface area (Å²) in [5, 5.41) is 19.7. The number of aliphatic hydroxyl groups is 2. The standard InChI is InChI=1S/C11H19O4.Y/c1-7-8-5-3-2-4-6-14-11(15-7)10(13)9(8)12;/h7-13H,1-6H2;/q-1;/t7?,8?,9-,10+,11+;/m1./s1. The van der Waals surface area contributed by atoms with Crippen molar-refractivity contribution >= 4 is 0 Å². The molecule has 0 aromatic carbocycles. The number of hydrogen-bond acceptors (Lipinski definition) is 4. The fraction of sp³-hybridized carbons (Fsp3) is 0.909. The fourth-order valence-corrected chi connectivity index (χ4v) is 2.34. The van der Waals surface area contributed by atoms with Gasteiger partial charge in [-0.05, 0) is 18.8 Å². The van der Waals surface area contributed by atoms with E-state index in [1.807, 2.05) is 0 Å². The average molecular weight is 304 g/mol. The Morgan fingerprint density at radius 3 is 2.56 bits per heavy atom. The summed E-state index contributed by atoms with van der Waals surface area (Å²) in [5.74, 6) is -0.0713. The molecule has 5 atom stereocenters. The van der Waals surface area contributed by atoms with Gasteiger partial charge >= 0.3 is 0 Å². The van der Waals surface area contributed by atoms with Crippen LogP contribution in [0, 0.1) is 12.8 Å². The van der Waals surface area contributed by atoms with E-state index in [2.05, 4.69) is 6.92 Å². The molecule has 5 heteroatoms. The van der Waals surface area contributed by atoms with E-state index >= 15 is 0 Å². The monoisotopic (exact) mass is 304 g/mol. The molecular weight excluding hydrogens is 285 g/mol. The van der Waals surface area contributed by atoms with E-state index in [0.717, 1.165) is 25.7 Å². The van der Waals surface area contributed by atoms with Crippen LogP contribution in [0.2, 0.25) is 0 Å². The topological polar surface area (TPSA) is 58.9 Å². The molecule has 2 bridgehead atoms. The first-order chi connectivity index (χ1) is 7.20. The van der Waals surface area contributed by atoms with E-state index in [-0.39, 0.29) is 44.7 Å². The first kappa shape index (κ1) is 15.0. The molecule has 4 nitrogen and oxygen atoms in total. The van der Waals surface area contributed by atoms with Gasteiger partial charge in [-0.2, -0.15) is 0 Å². The zero-order valence-corrected chi connectivity index (χ0v) is 12.3. The molecule has 0 aromatic rings. The first-order valence-corrected chi connectivity index (χ1v) is 5.66. The molecule has 0 spiro atoms. The predicted octanol–water partition coefficient (Wildman–Crippen LogP) is 0.471. The Hall–Kier alpha value is 0.944. The molecule has 0 saturated carbocycles. The van der Waals surface area contributed by atoms with Crippen molar-refractivity contribution < 1.29 is 52.4 Å². The fourth-order valence-electron chi connectivity index (χ4n) is 2.34. The van der Waals surface area contributed by atoms with Crippen molar-refractivity contribution in [3.63, 3.8) is 0 Å². The van der Waals surface area contributed by atoms with Crippen molar-refractivity contribution in [2.75, 3.05) is 6.61 Å². The van der Waals surface area contributed by atoms with Gasteiger partial charge in [0.1, 0.15) is 6.10 Å². The maximum Gasteiger partial charge on any atom is 0.183 e. The second-order valence-corrected chi connectivity index (χ2v) is 4.41. The molecule has 3 aliphatic heterocycles. The number of rotatable bonds is 0. The van der Waals surface area contributed by atoms with Crippen LogP contribution in [0.5, 0.6) is 0 Å². The van der Waals surface area contributed by atoms with Crippen molar-refractivity contribution in [1.29, 1.82) is 0 Å². The van der Waals surface area contributed by atoms with Crippen LogP contribution in [0.15, 0.2) is 0 Å². The Balaban J connectivity index is 0.00000128. The largest absolute Gasteiger partial charge is 0.390 e. The molecule has 1 radical (unpaired) electrons. The van der Waals surface area contributed by atoms with E-state index in [4.69, 9.17) is 9.47 Å². The van der Waals surface area contributed by atoms with Crippen molar-refractivity contribution in [1.82, 2.24) is 0 Å². The predicted molar refractivity (Wildman–Crippen MR) is 53.9 cm³/mol. The minimum absolute atomic E-state index is 0. The number of aliphatic hydroxyl groups excluding tert-OH is 2. The van der Waals surface area contributed by atoms with Gasteiger partial charge in [0, 0.05) is 39.3 Å². The Morgan fingerprint density at radius 1 is 1.06 bits per heavy atom. The molecule has 3 aliphatic rings. The van der Waals surface area contributed by atoms with Gasteiger partial charge in [-0.15, -0.1) is 0 Å². The molecule has 3 fully saturated rings. The van der Waals surface area contributed by atoms with Gasteiger partial charge in [0.15, 0.2) is 6.29 Å². The van der Waals surface area contributed by atoms with Gasteiger partial charge in [-0.25, -0.2) is 0 Å². The minimum Gasteiger partial charge on any atom is -0.390 e. The first-order valence-electron chi connectivity index (χ1n) is 5.66. The van der Waals surface area contributed by atoms with E-state index in [1.165, 1.54) is 0 Å². The summed E-state index contributed by atoms with van der Waals surface area (Å²) in [7, 11) is 0. The van der Waals surface area contributed by atoms with E-state index in [9.17, 15) is 10.2 Å². The van der Waals surface area contributed by atoms with Crippen LogP contribution in [0.1, 0.15) is 25.7 Å². The number of hydrogen-bond donors (Lipinski definition) is 2. The third-order valence-corrected chi connectivity index (χ3v) is 3.32. The molecule has 91 valence electrons. The summed E-state index contributed by atoms with van der Waals surface area (Å²) in [6.45, 7) is 4.44. The summed E-state index contributed by atoms with van der Waals surface area (Å²) in [4.78, 5) is 0. The van der Waals surface area contributed by atoms with Gasteiger partial charge in [0.2, 0.25) is 0 Å². The smallest absolute Gasteiger partial charge is 0.183 e. The van der Waals surface area contributed by atoms with Crippen LogP contribution >= 0.6 is 0 Å². The van der Waals surface area contributed by atoms with Crippen LogP contribution < -0.4 is 0 Å². The SMILES string of the molecule is [CH2-]C1O[C@@H]2OCCCCCC1[C@@H](O)[C@@H]2O.[Y]. The second-order valence-electron chi connectivity index (χ2n) is 4.41. The molecule has 0 aliphatic carbocycles. The van der Waals surface area contributed by atoms with Crippen LogP contribution in [0.25, 0.3) is 0 Å². The van der Waals surface area contributed by atoms with Gasteiger partial charge in [-0.1, -0.05) is 18.9 Å². The summed E-state index contributed by atoms with van der Waals surface area (Å²) in [5.41, 5.74) is 0. The van der Waals surface area contributed by atoms with Gasteiger partial charge in [0.25, 0.3) is 0 Å². The molecule has 16 heavy (non-hydrogen) atoms. The maximum absolute atomic E-state index is 9.91. The summed E-state index contributed by atoms with van der Waals surface area (Å²) < 4.78 is 10.9.